The Morgan fingerprint density at radius 3 is 2.40 bits per heavy atom. The maximum atomic E-state index is 12.0. The number of amides is 1. The lowest BCUT2D eigenvalue weighted by Crippen LogP contribution is -2.33. The molecular formula is C25H31NO3S. The third-order valence-electron chi connectivity index (χ3n) is 5.86. The molecule has 1 aliphatic rings. The largest absolute Gasteiger partial charge is 0.445 e. The lowest BCUT2D eigenvalue weighted by molar-refractivity contribution is -0.109. The van der Waals surface area contributed by atoms with Gasteiger partial charge in [-0.15, -0.1) is 0 Å². The van der Waals surface area contributed by atoms with Crippen LogP contribution < -0.4 is 5.32 Å². The minimum atomic E-state index is -0.378. The summed E-state index contributed by atoms with van der Waals surface area (Å²) in [6.45, 7) is 2.53. The van der Waals surface area contributed by atoms with Crippen LogP contribution in [0.15, 0.2) is 60.7 Å². The molecule has 0 bridgehead atoms. The topological polar surface area (TPSA) is 55.4 Å². The third kappa shape index (κ3) is 6.63. The summed E-state index contributed by atoms with van der Waals surface area (Å²) < 4.78 is 5.30. The molecule has 1 fully saturated rings. The molecule has 30 heavy (non-hydrogen) atoms. The van der Waals surface area contributed by atoms with Crippen LogP contribution in [0.5, 0.6) is 0 Å². The molecule has 1 saturated carbocycles. The van der Waals surface area contributed by atoms with Crippen molar-refractivity contribution in [2.45, 2.75) is 57.3 Å². The minimum absolute atomic E-state index is 0.104. The van der Waals surface area contributed by atoms with Crippen molar-refractivity contribution in [1.29, 1.82) is 0 Å². The molecule has 1 amide bonds. The predicted molar refractivity (Wildman–Crippen MR) is 122 cm³/mol. The average molecular weight is 426 g/mol. The van der Waals surface area contributed by atoms with Crippen LogP contribution in [-0.4, -0.2) is 23.0 Å². The summed E-state index contributed by atoms with van der Waals surface area (Å²) in [5, 5.41) is 3.42. The SMILES string of the molecule is CC(=O)S[C@@H]1CCC[C@]1(CCCNC(=O)OCc1ccccc1)Cc1ccccc1. The molecule has 0 spiro atoms. The Morgan fingerprint density at radius 1 is 1.07 bits per heavy atom. The zero-order chi connectivity index (χ0) is 21.2. The first kappa shape index (κ1) is 22.4. The Labute approximate surface area is 183 Å². The second-order valence-corrected chi connectivity index (χ2v) is 9.49. The predicted octanol–water partition coefficient (Wildman–Crippen LogP) is 5.75. The Kier molecular flexibility index (Phi) is 8.38. The molecule has 1 N–H and O–H groups in total. The first-order valence-corrected chi connectivity index (χ1v) is 11.6. The van der Waals surface area contributed by atoms with E-state index in [0.29, 0.717) is 11.8 Å². The summed E-state index contributed by atoms with van der Waals surface area (Å²) in [4.78, 5) is 23.8. The van der Waals surface area contributed by atoms with E-state index in [1.54, 1.807) is 6.92 Å². The molecule has 5 heteroatoms. The smallest absolute Gasteiger partial charge is 0.407 e. The fraction of sp³-hybridized carbons (Fsp3) is 0.440. The Morgan fingerprint density at radius 2 is 1.73 bits per heavy atom. The summed E-state index contributed by atoms with van der Waals surface area (Å²) >= 11 is 1.51. The maximum absolute atomic E-state index is 12.0. The van der Waals surface area contributed by atoms with Crippen LogP contribution in [0.4, 0.5) is 4.79 Å². The number of rotatable bonds is 9. The zero-order valence-electron chi connectivity index (χ0n) is 17.6. The van der Waals surface area contributed by atoms with Gasteiger partial charge < -0.3 is 10.1 Å². The lowest BCUT2D eigenvalue weighted by atomic mass is 9.76. The summed E-state index contributed by atoms with van der Waals surface area (Å²) in [6.07, 6.45) is 5.85. The first-order chi connectivity index (χ1) is 14.6. The number of thioether (sulfide) groups is 1. The van der Waals surface area contributed by atoms with Crippen LogP contribution in [0, 0.1) is 5.41 Å². The molecule has 0 aliphatic heterocycles. The van der Waals surface area contributed by atoms with Gasteiger partial charge in [-0.3, -0.25) is 4.79 Å². The standard InChI is InChI=1S/C25H31NO3S/c1-20(27)30-23-14-8-15-25(23,18-21-10-4-2-5-11-21)16-9-17-26-24(28)29-19-22-12-6-3-7-13-22/h2-7,10-13,23H,8-9,14-19H2,1H3,(H,26,28)/t23-,25+/m1/s1. The number of hydrogen-bond acceptors (Lipinski definition) is 4. The number of hydrogen-bond donors (Lipinski definition) is 1. The highest BCUT2D eigenvalue weighted by atomic mass is 32.2. The van der Waals surface area contributed by atoms with Gasteiger partial charge >= 0.3 is 6.09 Å². The third-order valence-corrected chi connectivity index (χ3v) is 7.22. The van der Waals surface area contributed by atoms with Gasteiger partial charge in [0, 0.05) is 18.7 Å². The number of nitrogens with one attached hydrogen (secondary N) is 1. The summed E-state index contributed by atoms with van der Waals surface area (Å²) in [5.74, 6) is 0. The minimum Gasteiger partial charge on any atom is -0.445 e. The average Bonchev–Trinajstić information content (AvgIpc) is 3.12. The number of ether oxygens (including phenoxy) is 1. The first-order valence-electron chi connectivity index (χ1n) is 10.7. The molecule has 0 heterocycles. The van der Waals surface area contributed by atoms with Gasteiger partial charge in [-0.25, -0.2) is 4.79 Å². The van der Waals surface area contributed by atoms with Crippen molar-refractivity contribution >= 4 is 23.0 Å². The fourth-order valence-electron chi connectivity index (χ4n) is 4.47. The van der Waals surface area contributed by atoms with Gasteiger partial charge in [0.05, 0.1) is 0 Å². The number of alkyl carbamates (subject to hydrolysis) is 1. The number of benzene rings is 2. The Hall–Kier alpha value is -2.27. The molecule has 2 atom stereocenters. The number of carbonyl (C=O) groups is 2. The quantitative estimate of drug-likeness (QED) is 0.519. The van der Waals surface area contributed by atoms with Crippen LogP contribution in [0.2, 0.25) is 0 Å². The summed E-state index contributed by atoms with van der Waals surface area (Å²) in [5.41, 5.74) is 2.40. The van der Waals surface area contributed by atoms with E-state index >= 15 is 0 Å². The van der Waals surface area contributed by atoms with Gasteiger partial charge in [-0.1, -0.05) is 78.8 Å². The Bertz CT molecular complexity index is 812. The monoisotopic (exact) mass is 425 g/mol. The van der Waals surface area contributed by atoms with Crippen molar-refractivity contribution in [3.05, 3.63) is 71.8 Å². The van der Waals surface area contributed by atoms with Crippen molar-refractivity contribution in [2.75, 3.05) is 6.54 Å². The van der Waals surface area contributed by atoms with Crippen LogP contribution in [-0.2, 0) is 22.6 Å². The zero-order valence-corrected chi connectivity index (χ0v) is 18.5. The molecule has 2 aromatic rings. The van der Waals surface area contributed by atoms with E-state index in [1.165, 1.54) is 17.3 Å². The van der Waals surface area contributed by atoms with Crippen molar-refractivity contribution in [2.24, 2.45) is 5.41 Å². The van der Waals surface area contributed by atoms with Crippen LogP contribution in [0.3, 0.4) is 0 Å². The highest BCUT2D eigenvalue weighted by Gasteiger charge is 2.43. The molecule has 4 nitrogen and oxygen atoms in total. The van der Waals surface area contributed by atoms with Gasteiger partial charge in [-0.05, 0) is 48.6 Å². The summed E-state index contributed by atoms with van der Waals surface area (Å²) in [6, 6.07) is 20.2. The van der Waals surface area contributed by atoms with Crippen molar-refractivity contribution in [3.63, 3.8) is 0 Å². The molecule has 0 unspecified atom stereocenters. The fourth-order valence-corrected chi connectivity index (χ4v) is 5.73. The number of carbonyl (C=O) groups excluding carboxylic acids is 2. The van der Waals surface area contributed by atoms with Crippen molar-refractivity contribution in [1.82, 2.24) is 5.32 Å². The van der Waals surface area contributed by atoms with E-state index in [2.05, 4.69) is 29.6 Å². The molecular weight excluding hydrogens is 394 g/mol. The molecule has 0 aromatic heterocycles. The van der Waals surface area contributed by atoms with Crippen molar-refractivity contribution < 1.29 is 14.3 Å². The van der Waals surface area contributed by atoms with Crippen LogP contribution in [0.25, 0.3) is 0 Å². The van der Waals surface area contributed by atoms with E-state index in [9.17, 15) is 9.59 Å². The van der Waals surface area contributed by atoms with Gasteiger partial charge in [0.25, 0.3) is 0 Å². The van der Waals surface area contributed by atoms with Crippen LogP contribution in [0.1, 0.15) is 50.2 Å². The molecule has 2 aromatic carbocycles. The summed E-state index contributed by atoms with van der Waals surface area (Å²) in [7, 11) is 0. The van der Waals surface area contributed by atoms with E-state index in [1.807, 2.05) is 36.4 Å². The van der Waals surface area contributed by atoms with Crippen molar-refractivity contribution in [3.8, 4) is 0 Å². The van der Waals surface area contributed by atoms with Crippen LogP contribution >= 0.6 is 11.8 Å². The van der Waals surface area contributed by atoms with Gasteiger partial charge in [-0.2, -0.15) is 0 Å². The normalized spacial score (nSPS) is 20.6. The molecule has 0 saturated heterocycles. The highest BCUT2D eigenvalue weighted by Crippen LogP contribution is 2.50. The van der Waals surface area contributed by atoms with Gasteiger partial charge in [0.1, 0.15) is 6.61 Å². The molecule has 0 radical (unpaired) electrons. The van der Waals surface area contributed by atoms with Gasteiger partial charge in [0.2, 0.25) is 0 Å². The Balaban J connectivity index is 1.52. The van der Waals surface area contributed by atoms with E-state index in [4.69, 9.17) is 4.74 Å². The second-order valence-electron chi connectivity index (χ2n) is 8.11. The second kappa shape index (κ2) is 11.2. The molecule has 1 aliphatic carbocycles. The van der Waals surface area contributed by atoms with Gasteiger partial charge in [0.15, 0.2) is 5.12 Å². The lowest BCUT2D eigenvalue weighted by Gasteiger charge is -2.35. The highest BCUT2D eigenvalue weighted by molar-refractivity contribution is 8.14. The van der Waals surface area contributed by atoms with E-state index in [-0.39, 0.29) is 23.2 Å². The van der Waals surface area contributed by atoms with E-state index < -0.39 is 0 Å². The molecule has 160 valence electrons. The van der Waals surface area contributed by atoms with E-state index in [0.717, 1.165) is 44.1 Å². The maximum Gasteiger partial charge on any atom is 0.407 e. The molecule has 3 rings (SSSR count).